The van der Waals surface area contributed by atoms with Crippen LogP contribution in [0.25, 0.3) is 0 Å². The quantitative estimate of drug-likeness (QED) is 0.860. The molecule has 0 unspecified atom stereocenters. The first-order valence-electron chi connectivity index (χ1n) is 7.08. The van der Waals surface area contributed by atoms with E-state index in [1.165, 1.54) is 0 Å². The van der Waals surface area contributed by atoms with Gasteiger partial charge in [0.25, 0.3) is 0 Å². The second kappa shape index (κ2) is 6.55. The smallest absolute Gasteiger partial charge is 0.317 e. The van der Waals surface area contributed by atoms with Crippen molar-refractivity contribution in [1.82, 2.24) is 9.88 Å². The largest absolute Gasteiger partial charge is 0.322 e. The number of carbonyl (C=O) groups is 1. The average molecular weight is 336 g/mol. The summed E-state index contributed by atoms with van der Waals surface area (Å²) < 4.78 is 0. The maximum absolute atomic E-state index is 12.5. The third-order valence-electron chi connectivity index (χ3n) is 3.76. The summed E-state index contributed by atoms with van der Waals surface area (Å²) in [4.78, 5) is 18.5. The van der Waals surface area contributed by atoms with E-state index in [0.29, 0.717) is 15.7 Å². The molecule has 0 radical (unpaired) electrons. The van der Waals surface area contributed by atoms with Gasteiger partial charge in [-0.1, -0.05) is 29.3 Å². The van der Waals surface area contributed by atoms with Gasteiger partial charge in [0.15, 0.2) is 0 Å². The van der Waals surface area contributed by atoms with Crippen LogP contribution in [0.4, 0.5) is 10.5 Å². The first kappa shape index (κ1) is 15.1. The van der Waals surface area contributed by atoms with Crippen molar-refractivity contribution in [2.24, 2.45) is 0 Å². The van der Waals surface area contributed by atoms with Gasteiger partial charge in [0, 0.05) is 24.0 Å². The molecule has 1 fully saturated rings. The molecule has 6 heteroatoms. The minimum atomic E-state index is -0.157. The van der Waals surface area contributed by atoms with E-state index in [9.17, 15) is 4.79 Å². The van der Waals surface area contributed by atoms with Crippen LogP contribution in [0.2, 0.25) is 10.0 Å². The van der Waals surface area contributed by atoms with Crippen molar-refractivity contribution in [2.45, 2.75) is 18.9 Å². The Morgan fingerprint density at radius 2 is 2.18 bits per heavy atom. The molecule has 2 aromatic rings. The Kier molecular flexibility index (Phi) is 4.50. The summed E-state index contributed by atoms with van der Waals surface area (Å²) in [5, 5.41) is 3.82. The maximum atomic E-state index is 12.5. The summed E-state index contributed by atoms with van der Waals surface area (Å²) in [6, 6.07) is 8.80. The SMILES string of the molecule is O=C(Nc1ccc(Cl)cc1Cl)N1CCC[C@@H]1c1cccnc1. The van der Waals surface area contributed by atoms with E-state index in [1.807, 2.05) is 23.2 Å². The molecule has 1 aliphatic heterocycles. The molecule has 2 amide bonds. The fraction of sp³-hybridized carbons (Fsp3) is 0.250. The first-order chi connectivity index (χ1) is 10.6. The molecule has 3 rings (SSSR count). The molecule has 1 aliphatic rings. The van der Waals surface area contributed by atoms with Crippen LogP contribution in [0.5, 0.6) is 0 Å². The summed E-state index contributed by atoms with van der Waals surface area (Å²) in [6.07, 6.45) is 5.46. The standard InChI is InChI=1S/C16H15Cl2N3O/c17-12-5-6-14(13(18)9-12)20-16(22)21-8-2-4-15(21)11-3-1-7-19-10-11/h1,3,5-7,9-10,15H,2,4,8H2,(H,20,22)/t15-/m1/s1. The Hall–Kier alpha value is -1.78. The monoisotopic (exact) mass is 335 g/mol. The molecule has 0 bridgehead atoms. The van der Waals surface area contributed by atoms with Crippen LogP contribution < -0.4 is 5.32 Å². The van der Waals surface area contributed by atoms with E-state index in [1.54, 1.807) is 24.4 Å². The van der Waals surface area contributed by atoms with Gasteiger partial charge in [-0.05, 0) is 42.7 Å². The normalized spacial score (nSPS) is 17.5. The number of urea groups is 1. The predicted molar refractivity (Wildman–Crippen MR) is 88.4 cm³/mol. The Morgan fingerprint density at radius 3 is 2.91 bits per heavy atom. The lowest BCUT2D eigenvalue weighted by atomic mass is 10.1. The summed E-state index contributed by atoms with van der Waals surface area (Å²) in [6.45, 7) is 0.719. The highest BCUT2D eigenvalue weighted by Crippen LogP contribution is 2.33. The van der Waals surface area contributed by atoms with Gasteiger partial charge in [0.2, 0.25) is 0 Å². The highest BCUT2D eigenvalue weighted by atomic mass is 35.5. The molecule has 1 N–H and O–H groups in total. The van der Waals surface area contributed by atoms with Gasteiger partial charge in [0.05, 0.1) is 16.8 Å². The number of nitrogens with one attached hydrogen (secondary N) is 1. The van der Waals surface area contributed by atoms with Gasteiger partial charge in [-0.2, -0.15) is 0 Å². The molecule has 1 aromatic carbocycles. The van der Waals surface area contributed by atoms with E-state index in [-0.39, 0.29) is 12.1 Å². The average Bonchev–Trinajstić information content (AvgIpc) is 3.00. The molecule has 4 nitrogen and oxygen atoms in total. The third-order valence-corrected chi connectivity index (χ3v) is 4.30. The minimum absolute atomic E-state index is 0.0553. The number of halogens is 2. The number of anilines is 1. The molecule has 0 saturated carbocycles. The van der Waals surface area contributed by atoms with Gasteiger partial charge >= 0.3 is 6.03 Å². The predicted octanol–water partition coefficient (Wildman–Crippen LogP) is 4.76. The Bertz CT molecular complexity index is 678. The maximum Gasteiger partial charge on any atom is 0.322 e. The molecule has 0 aliphatic carbocycles. The highest BCUT2D eigenvalue weighted by Gasteiger charge is 2.30. The number of aromatic nitrogens is 1. The number of benzene rings is 1. The van der Waals surface area contributed by atoms with Gasteiger partial charge in [-0.3, -0.25) is 4.98 Å². The second-order valence-corrected chi connectivity index (χ2v) is 6.04. The van der Waals surface area contributed by atoms with Crippen molar-refractivity contribution < 1.29 is 4.79 Å². The van der Waals surface area contributed by atoms with Gasteiger partial charge in [0.1, 0.15) is 0 Å². The number of carbonyl (C=O) groups excluding carboxylic acids is 1. The number of hydrogen-bond acceptors (Lipinski definition) is 2. The van der Waals surface area contributed by atoms with Crippen LogP contribution in [-0.2, 0) is 0 Å². The molecule has 1 aromatic heterocycles. The van der Waals surface area contributed by atoms with E-state index in [4.69, 9.17) is 23.2 Å². The van der Waals surface area contributed by atoms with Crippen molar-refractivity contribution in [2.75, 3.05) is 11.9 Å². The summed E-state index contributed by atoms with van der Waals surface area (Å²) >= 11 is 12.0. The van der Waals surface area contributed by atoms with E-state index in [0.717, 1.165) is 24.9 Å². The zero-order valence-corrected chi connectivity index (χ0v) is 13.3. The molecule has 22 heavy (non-hydrogen) atoms. The number of hydrogen-bond donors (Lipinski definition) is 1. The van der Waals surface area contributed by atoms with Crippen LogP contribution >= 0.6 is 23.2 Å². The van der Waals surface area contributed by atoms with Crippen LogP contribution in [0.15, 0.2) is 42.7 Å². The number of amides is 2. The van der Waals surface area contributed by atoms with Crippen LogP contribution in [-0.4, -0.2) is 22.5 Å². The van der Waals surface area contributed by atoms with Crippen molar-refractivity contribution in [3.05, 3.63) is 58.3 Å². The van der Waals surface area contributed by atoms with Gasteiger partial charge < -0.3 is 10.2 Å². The number of nitrogens with zero attached hydrogens (tertiary/aromatic N) is 2. The summed E-state index contributed by atoms with van der Waals surface area (Å²) in [7, 11) is 0. The summed E-state index contributed by atoms with van der Waals surface area (Å²) in [5.74, 6) is 0. The van der Waals surface area contributed by atoms with Crippen molar-refractivity contribution in [3.8, 4) is 0 Å². The molecule has 114 valence electrons. The molecule has 2 heterocycles. The lowest BCUT2D eigenvalue weighted by Crippen LogP contribution is -2.34. The molecular weight excluding hydrogens is 321 g/mol. The molecule has 0 spiro atoms. The van der Waals surface area contributed by atoms with E-state index >= 15 is 0 Å². The van der Waals surface area contributed by atoms with Crippen molar-refractivity contribution >= 4 is 34.9 Å². The fourth-order valence-corrected chi connectivity index (χ4v) is 3.16. The molecule has 1 atom stereocenters. The van der Waals surface area contributed by atoms with Crippen molar-refractivity contribution in [3.63, 3.8) is 0 Å². The lowest BCUT2D eigenvalue weighted by Gasteiger charge is -2.25. The Balaban J connectivity index is 1.76. The van der Waals surface area contributed by atoms with Crippen LogP contribution in [0, 0.1) is 0 Å². The number of rotatable bonds is 2. The van der Waals surface area contributed by atoms with Crippen LogP contribution in [0.1, 0.15) is 24.4 Å². The van der Waals surface area contributed by atoms with Gasteiger partial charge in [-0.15, -0.1) is 0 Å². The number of likely N-dealkylation sites (tertiary alicyclic amines) is 1. The topological polar surface area (TPSA) is 45.2 Å². The first-order valence-corrected chi connectivity index (χ1v) is 7.83. The Labute approximate surface area is 139 Å². The van der Waals surface area contributed by atoms with E-state index in [2.05, 4.69) is 10.3 Å². The third kappa shape index (κ3) is 3.18. The molecule has 1 saturated heterocycles. The lowest BCUT2D eigenvalue weighted by molar-refractivity contribution is 0.207. The van der Waals surface area contributed by atoms with Crippen molar-refractivity contribution in [1.29, 1.82) is 0 Å². The zero-order valence-electron chi connectivity index (χ0n) is 11.8. The second-order valence-electron chi connectivity index (χ2n) is 5.19. The van der Waals surface area contributed by atoms with E-state index < -0.39 is 0 Å². The fourth-order valence-electron chi connectivity index (χ4n) is 2.71. The highest BCUT2D eigenvalue weighted by molar-refractivity contribution is 6.36. The summed E-state index contributed by atoms with van der Waals surface area (Å²) in [5.41, 5.74) is 1.62. The van der Waals surface area contributed by atoms with Crippen LogP contribution in [0.3, 0.4) is 0 Å². The zero-order chi connectivity index (χ0) is 15.5. The van der Waals surface area contributed by atoms with Gasteiger partial charge in [-0.25, -0.2) is 4.79 Å². The minimum Gasteiger partial charge on any atom is -0.317 e. The molecular formula is C16H15Cl2N3O. The number of pyridine rings is 1. The Morgan fingerprint density at radius 1 is 1.32 bits per heavy atom.